The van der Waals surface area contributed by atoms with Crippen molar-refractivity contribution in [2.24, 2.45) is 0 Å². The van der Waals surface area contributed by atoms with E-state index in [0.29, 0.717) is 4.47 Å². The van der Waals surface area contributed by atoms with E-state index in [2.05, 4.69) is 26.0 Å². The van der Waals surface area contributed by atoms with Crippen LogP contribution in [0.2, 0.25) is 0 Å². The molecule has 1 rings (SSSR count). The third-order valence-electron chi connectivity index (χ3n) is 2.39. The van der Waals surface area contributed by atoms with Gasteiger partial charge in [-0.1, -0.05) is 15.9 Å². The Balaban J connectivity index is 3.13. The fraction of sp³-hybridized carbons (Fsp3) is 0.364. The predicted molar refractivity (Wildman–Crippen MR) is 74.5 cm³/mol. The Morgan fingerprint density at radius 3 is 2.58 bits per heavy atom. The van der Waals surface area contributed by atoms with Gasteiger partial charge in [-0.05, 0) is 25.1 Å². The van der Waals surface area contributed by atoms with Crippen LogP contribution >= 0.6 is 15.9 Å². The molecule has 0 heterocycles. The summed E-state index contributed by atoms with van der Waals surface area (Å²) in [4.78, 5) is 11.3. The SMILES string of the molecule is CNC(=O)C(C)NS(=O)(=O)c1cc(Br)ccc1OC. The zero-order chi connectivity index (χ0) is 14.6. The molecule has 0 fully saturated rings. The van der Waals surface area contributed by atoms with E-state index in [1.807, 2.05) is 0 Å². The second-order valence-corrected chi connectivity index (χ2v) is 6.35. The average Bonchev–Trinajstić information content (AvgIpc) is 2.37. The number of ether oxygens (including phenoxy) is 1. The van der Waals surface area contributed by atoms with Crippen molar-refractivity contribution in [3.05, 3.63) is 22.7 Å². The van der Waals surface area contributed by atoms with Crippen LogP contribution in [-0.2, 0) is 14.8 Å². The lowest BCUT2D eigenvalue weighted by molar-refractivity contribution is -0.121. The van der Waals surface area contributed by atoms with E-state index in [0.717, 1.165) is 0 Å². The molecule has 2 N–H and O–H groups in total. The molecule has 0 aliphatic heterocycles. The van der Waals surface area contributed by atoms with E-state index in [1.165, 1.54) is 33.2 Å². The summed E-state index contributed by atoms with van der Waals surface area (Å²) in [5.41, 5.74) is 0. The molecule has 0 aromatic heterocycles. The Bertz CT molecular complexity index is 574. The van der Waals surface area contributed by atoms with Crippen LogP contribution in [0.15, 0.2) is 27.6 Å². The van der Waals surface area contributed by atoms with Gasteiger partial charge in [0.05, 0.1) is 13.2 Å². The summed E-state index contributed by atoms with van der Waals surface area (Å²) in [5.74, 6) is -0.211. The monoisotopic (exact) mass is 350 g/mol. The number of amides is 1. The molecule has 19 heavy (non-hydrogen) atoms. The highest BCUT2D eigenvalue weighted by molar-refractivity contribution is 9.10. The average molecular weight is 351 g/mol. The number of carbonyl (C=O) groups excluding carboxylic acids is 1. The fourth-order valence-electron chi connectivity index (χ4n) is 1.43. The Hall–Kier alpha value is -1.12. The Kier molecular flexibility index (Phi) is 5.33. The number of benzene rings is 1. The van der Waals surface area contributed by atoms with Crippen LogP contribution in [0.3, 0.4) is 0 Å². The van der Waals surface area contributed by atoms with Gasteiger partial charge in [-0.15, -0.1) is 0 Å². The van der Waals surface area contributed by atoms with Crippen molar-refractivity contribution in [2.45, 2.75) is 17.9 Å². The molecule has 1 aromatic rings. The maximum Gasteiger partial charge on any atom is 0.245 e. The normalized spacial score (nSPS) is 12.8. The van der Waals surface area contributed by atoms with Gasteiger partial charge < -0.3 is 10.1 Å². The zero-order valence-corrected chi connectivity index (χ0v) is 13.1. The lowest BCUT2D eigenvalue weighted by atomic mass is 10.3. The van der Waals surface area contributed by atoms with E-state index in [1.54, 1.807) is 6.07 Å². The van der Waals surface area contributed by atoms with Crippen molar-refractivity contribution < 1.29 is 17.9 Å². The van der Waals surface area contributed by atoms with E-state index in [-0.39, 0.29) is 10.6 Å². The standard InChI is InChI=1S/C11H15BrN2O4S/c1-7(11(15)13-2)14-19(16,17)10-6-8(12)4-5-9(10)18-3/h4-7,14H,1-3H3,(H,13,15). The number of hydrogen-bond acceptors (Lipinski definition) is 4. The Labute approximate surface area is 120 Å². The first kappa shape index (κ1) is 15.9. The lowest BCUT2D eigenvalue weighted by Gasteiger charge is -2.15. The molecular formula is C11H15BrN2O4S. The van der Waals surface area contributed by atoms with Gasteiger partial charge in [-0.25, -0.2) is 8.42 Å². The van der Waals surface area contributed by atoms with Crippen molar-refractivity contribution in [2.75, 3.05) is 14.2 Å². The first-order valence-electron chi connectivity index (χ1n) is 5.39. The van der Waals surface area contributed by atoms with Gasteiger partial charge in [-0.3, -0.25) is 4.79 Å². The van der Waals surface area contributed by atoms with Gasteiger partial charge >= 0.3 is 0 Å². The Morgan fingerprint density at radius 1 is 1.42 bits per heavy atom. The number of likely N-dealkylation sites (N-methyl/N-ethyl adjacent to an activating group) is 1. The van der Waals surface area contributed by atoms with Gasteiger partial charge in [0.1, 0.15) is 10.6 Å². The minimum absolute atomic E-state index is 0.0277. The van der Waals surface area contributed by atoms with Crippen molar-refractivity contribution in [1.82, 2.24) is 10.0 Å². The van der Waals surface area contributed by atoms with E-state index in [4.69, 9.17) is 4.74 Å². The number of hydrogen-bond donors (Lipinski definition) is 2. The van der Waals surface area contributed by atoms with Crippen LogP contribution in [0.1, 0.15) is 6.92 Å². The topological polar surface area (TPSA) is 84.5 Å². The summed E-state index contributed by atoms with van der Waals surface area (Å²) < 4.78 is 32.3. The van der Waals surface area contributed by atoms with Crippen LogP contribution in [-0.4, -0.2) is 34.5 Å². The van der Waals surface area contributed by atoms with Crippen molar-refractivity contribution in [3.63, 3.8) is 0 Å². The molecule has 0 aliphatic carbocycles. The number of sulfonamides is 1. The van der Waals surface area contributed by atoms with Gasteiger partial charge in [0.2, 0.25) is 15.9 Å². The molecule has 1 unspecified atom stereocenters. The summed E-state index contributed by atoms with van der Waals surface area (Å²) in [6.45, 7) is 1.46. The molecule has 0 aliphatic rings. The summed E-state index contributed by atoms with van der Waals surface area (Å²) >= 11 is 3.20. The predicted octanol–water partition coefficient (Wildman–Crippen LogP) is 0.870. The zero-order valence-electron chi connectivity index (χ0n) is 10.7. The number of rotatable bonds is 5. The quantitative estimate of drug-likeness (QED) is 0.825. The van der Waals surface area contributed by atoms with Crippen LogP contribution in [0.4, 0.5) is 0 Å². The molecule has 1 aromatic carbocycles. The first-order valence-corrected chi connectivity index (χ1v) is 7.67. The molecule has 1 amide bonds. The smallest absolute Gasteiger partial charge is 0.245 e. The Morgan fingerprint density at radius 2 is 2.05 bits per heavy atom. The number of carbonyl (C=O) groups is 1. The lowest BCUT2D eigenvalue weighted by Crippen LogP contribution is -2.43. The molecule has 0 saturated heterocycles. The molecule has 8 heteroatoms. The van der Waals surface area contributed by atoms with Crippen molar-refractivity contribution >= 4 is 31.9 Å². The third-order valence-corrected chi connectivity index (χ3v) is 4.44. The van der Waals surface area contributed by atoms with Crippen LogP contribution in [0.25, 0.3) is 0 Å². The molecule has 0 spiro atoms. The van der Waals surface area contributed by atoms with Gasteiger partial charge in [-0.2, -0.15) is 4.72 Å². The third kappa shape index (κ3) is 3.92. The molecule has 0 saturated carbocycles. The second kappa shape index (κ2) is 6.36. The maximum atomic E-state index is 12.2. The summed E-state index contributed by atoms with van der Waals surface area (Å²) in [6, 6.07) is 3.74. The van der Waals surface area contributed by atoms with Crippen molar-refractivity contribution in [1.29, 1.82) is 0 Å². The fourth-order valence-corrected chi connectivity index (χ4v) is 3.34. The van der Waals surface area contributed by atoms with Crippen molar-refractivity contribution in [3.8, 4) is 5.75 Å². The van der Waals surface area contributed by atoms with E-state index >= 15 is 0 Å². The van der Waals surface area contributed by atoms with E-state index < -0.39 is 22.0 Å². The van der Waals surface area contributed by atoms with Crippen LogP contribution < -0.4 is 14.8 Å². The van der Waals surface area contributed by atoms with Gasteiger partial charge in [0.25, 0.3) is 0 Å². The van der Waals surface area contributed by atoms with Gasteiger partial charge in [0.15, 0.2) is 0 Å². The van der Waals surface area contributed by atoms with Gasteiger partial charge in [0, 0.05) is 11.5 Å². The summed E-state index contributed by atoms with van der Waals surface area (Å²) in [7, 11) is -1.03. The highest BCUT2D eigenvalue weighted by atomic mass is 79.9. The van der Waals surface area contributed by atoms with E-state index in [9.17, 15) is 13.2 Å². The summed E-state index contributed by atoms with van der Waals surface area (Å²) in [6.07, 6.45) is 0. The molecule has 106 valence electrons. The molecule has 6 nitrogen and oxygen atoms in total. The molecule has 0 bridgehead atoms. The largest absolute Gasteiger partial charge is 0.495 e. The first-order chi connectivity index (χ1) is 8.81. The summed E-state index contributed by atoms with van der Waals surface area (Å²) in [5, 5.41) is 2.37. The molecule has 1 atom stereocenters. The number of nitrogens with one attached hydrogen (secondary N) is 2. The number of methoxy groups -OCH3 is 1. The molecular weight excluding hydrogens is 336 g/mol. The highest BCUT2D eigenvalue weighted by Crippen LogP contribution is 2.27. The van der Waals surface area contributed by atoms with Crippen LogP contribution in [0, 0.1) is 0 Å². The minimum Gasteiger partial charge on any atom is -0.495 e. The molecule has 0 radical (unpaired) electrons. The number of halogens is 1. The minimum atomic E-state index is -3.85. The second-order valence-electron chi connectivity index (χ2n) is 3.75. The highest BCUT2D eigenvalue weighted by Gasteiger charge is 2.24. The van der Waals surface area contributed by atoms with Crippen LogP contribution in [0.5, 0.6) is 5.75 Å². The maximum absolute atomic E-state index is 12.2.